The van der Waals surface area contributed by atoms with Crippen LogP contribution in [-0.2, 0) is 13.0 Å². The number of pyridine rings is 1. The standard InChI is InChI=1S/C24H25N3O2/c1-16-3-6-19(7-4-16)27(2)20-8-9-21-18(13-20)15-26-23(21)10-5-17-14-25-12-11-22(17)24(28)29/h3-4,6-9,11-14,23,26H,5,10,15H2,1-2H3,(H,28,29)/t23-/m1/s1. The predicted molar refractivity (Wildman–Crippen MR) is 115 cm³/mol. The maximum atomic E-state index is 11.4. The molecule has 0 bridgehead atoms. The summed E-state index contributed by atoms with van der Waals surface area (Å²) in [5, 5.41) is 12.9. The van der Waals surface area contributed by atoms with Gasteiger partial charge < -0.3 is 15.3 Å². The minimum absolute atomic E-state index is 0.227. The van der Waals surface area contributed by atoms with Gasteiger partial charge in [-0.2, -0.15) is 0 Å². The Labute approximate surface area is 171 Å². The zero-order valence-corrected chi connectivity index (χ0v) is 16.7. The largest absolute Gasteiger partial charge is 0.478 e. The molecule has 5 nitrogen and oxygen atoms in total. The molecule has 0 radical (unpaired) electrons. The van der Waals surface area contributed by atoms with Crippen LogP contribution >= 0.6 is 0 Å². The van der Waals surface area contributed by atoms with E-state index >= 15 is 0 Å². The van der Waals surface area contributed by atoms with Crippen molar-refractivity contribution in [1.29, 1.82) is 0 Å². The van der Waals surface area contributed by atoms with Crippen molar-refractivity contribution in [3.63, 3.8) is 0 Å². The van der Waals surface area contributed by atoms with Crippen molar-refractivity contribution >= 4 is 17.3 Å². The monoisotopic (exact) mass is 387 g/mol. The van der Waals surface area contributed by atoms with Crippen LogP contribution in [0, 0.1) is 6.92 Å². The molecule has 0 aliphatic carbocycles. The van der Waals surface area contributed by atoms with E-state index in [-0.39, 0.29) is 6.04 Å². The highest BCUT2D eigenvalue weighted by Gasteiger charge is 2.23. The average molecular weight is 387 g/mol. The lowest BCUT2D eigenvalue weighted by atomic mass is 9.97. The molecule has 1 aromatic heterocycles. The number of rotatable bonds is 6. The Hall–Kier alpha value is -3.18. The van der Waals surface area contributed by atoms with E-state index in [9.17, 15) is 9.90 Å². The zero-order valence-electron chi connectivity index (χ0n) is 16.7. The average Bonchev–Trinajstić information content (AvgIpc) is 3.14. The van der Waals surface area contributed by atoms with Crippen molar-refractivity contribution in [3.8, 4) is 0 Å². The zero-order chi connectivity index (χ0) is 20.4. The number of hydrogen-bond donors (Lipinski definition) is 2. The van der Waals surface area contributed by atoms with Crippen LogP contribution in [0.25, 0.3) is 0 Å². The van der Waals surface area contributed by atoms with Crippen molar-refractivity contribution in [2.45, 2.75) is 32.4 Å². The molecule has 148 valence electrons. The van der Waals surface area contributed by atoms with E-state index in [2.05, 4.69) is 71.6 Å². The van der Waals surface area contributed by atoms with Crippen molar-refractivity contribution in [1.82, 2.24) is 10.3 Å². The van der Waals surface area contributed by atoms with Gasteiger partial charge in [-0.3, -0.25) is 4.98 Å². The molecule has 0 saturated heterocycles. The third kappa shape index (κ3) is 4.00. The first kappa shape index (κ1) is 19.2. The Morgan fingerprint density at radius 2 is 1.93 bits per heavy atom. The topological polar surface area (TPSA) is 65.5 Å². The number of anilines is 2. The number of aromatic carboxylic acids is 1. The van der Waals surface area contributed by atoms with E-state index in [1.54, 1.807) is 12.3 Å². The van der Waals surface area contributed by atoms with E-state index in [1.165, 1.54) is 22.9 Å². The number of benzene rings is 2. The lowest BCUT2D eigenvalue weighted by molar-refractivity contribution is 0.0695. The summed E-state index contributed by atoms with van der Waals surface area (Å²) in [6.45, 7) is 2.92. The highest BCUT2D eigenvalue weighted by molar-refractivity contribution is 5.89. The van der Waals surface area contributed by atoms with Gasteiger partial charge in [0.2, 0.25) is 0 Å². The van der Waals surface area contributed by atoms with Gasteiger partial charge in [0.25, 0.3) is 0 Å². The number of hydrogen-bond acceptors (Lipinski definition) is 4. The van der Waals surface area contributed by atoms with Crippen LogP contribution in [0.1, 0.15) is 45.1 Å². The minimum Gasteiger partial charge on any atom is -0.478 e. The van der Waals surface area contributed by atoms with Gasteiger partial charge in [0, 0.05) is 43.4 Å². The van der Waals surface area contributed by atoms with E-state index in [1.807, 2.05) is 0 Å². The second-order valence-corrected chi connectivity index (χ2v) is 7.59. The van der Waals surface area contributed by atoms with Crippen LogP contribution < -0.4 is 10.2 Å². The van der Waals surface area contributed by atoms with Crippen molar-refractivity contribution in [3.05, 3.63) is 88.7 Å². The summed E-state index contributed by atoms with van der Waals surface area (Å²) >= 11 is 0. The first-order valence-electron chi connectivity index (χ1n) is 9.85. The van der Waals surface area contributed by atoms with Gasteiger partial charge in [-0.05, 0) is 66.8 Å². The molecule has 5 heteroatoms. The predicted octanol–water partition coefficient (Wildman–Crippen LogP) is 4.63. The summed E-state index contributed by atoms with van der Waals surface area (Å²) < 4.78 is 0. The molecular formula is C24H25N3O2. The molecule has 2 heterocycles. The summed E-state index contributed by atoms with van der Waals surface area (Å²) in [6.07, 6.45) is 4.71. The second-order valence-electron chi connectivity index (χ2n) is 7.59. The van der Waals surface area contributed by atoms with Gasteiger partial charge in [-0.15, -0.1) is 0 Å². The fourth-order valence-corrected chi connectivity index (χ4v) is 3.95. The summed E-state index contributed by atoms with van der Waals surface area (Å²) in [4.78, 5) is 17.7. The number of nitrogens with one attached hydrogen (secondary N) is 1. The maximum absolute atomic E-state index is 11.4. The first-order chi connectivity index (χ1) is 14.0. The number of carboxylic acids is 1. The molecular weight excluding hydrogens is 362 g/mol. The van der Waals surface area contributed by atoms with Crippen LogP contribution in [0.15, 0.2) is 60.9 Å². The molecule has 29 heavy (non-hydrogen) atoms. The molecule has 0 fully saturated rings. The van der Waals surface area contributed by atoms with E-state index in [0.29, 0.717) is 12.0 Å². The Bertz CT molecular complexity index is 1030. The molecule has 1 aliphatic heterocycles. The highest BCUT2D eigenvalue weighted by Crippen LogP contribution is 2.33. The summed E-state index contributed by atoms with van der Waals surface area (Å²) in [7, 11) is 2.09. The molecule has 0 unspecified atom stereocenters. The number of aromatic nitrogens is 1. The van der Waals surface area contributed by atoms with Gasteiger partial charge in [0.05, 0.1) is 5.56 Å². The van der Waals surface area contributed by atoms with Gasteiger partial charge in [0.15, 0.2) is 0 Å². The number of fused-ring (bicyclic) bond motifs is 1. The third-order valence-corrected chi connectivity index (χ3v) is 5.69. The molecule has 0 amide bonds. The van der Waals surface area contributed by atoms with Crippen molar-refractivity contribution < 1.29 is 9.90 Å². The molecule has 2 aromatic carbocycles. The molecule has 0 saturated carbocycles. The Morgan fingerprint density at radius 3 is 2.69 bits per heavy atom. The van der Waals surface area contributed by atoms with Crippen LogP contribution in [0.4, 0.5) is 11.4 Å². The molecule has 1 aliphatic rings. The summed E-state index contributed by atoms with van der Waals surface area (Å²) in [5.41, 5.74) is 7.30. The summed E-state index contributed by atoms with van der Waals surface area (Å²) in [6, 6.07) is 16.9. The van der Waals surface area contributed by atoms with E-state index < -0.39 is 5.97 Å². The third-order valence-electron chi connectivity index (χ3n) is 5.69. The van der Waals surface area contributed by atoms with Crippen LogP contribution in [0.3, 0.4) is 0 Å². The number of carboxylic acid groups (broad SMARTS) is 1. The molecule has 4 rings (SSSR count). The molecule has 1 atom stereocenters. The molecule has 0 spiro atoms. The number of aryl methyl sites for hydroxylation is 2. The lowest BCUT2D eigenvalue weighted by Gasteiger charge is -2.21. The van der Waals surface area contributed by atoms with Gasteiger partial charge >= 0.3 is 5.97 Å². The molecule has 2 N–H and O–H groups in total. The fraction of sp³-hybridized carbons (Fsp3) is 0.250. The van der Waals surface area contributed by atoms with Gasteiger partial charge in [0.1, 0.15) is 0 Å². The lowest BCUT2D eigenvalue weighted by Crippen LogP contribution is -2.14. The maximum Gasteiger partial charge on any atom is 0.336 e. The Balaban J connectivity index is 1.49. The SMILES string of the molecule is Cc1ccc(N(C)c2ccc3c(c2)CN[C@@H]3CCc2cnccc2C(=O)O)cc1. The van der Waals surface area contributed by atoms with Gasteiger partial charge in [-0.25, -0.2) is 4.79 Å². The van der Waals surface area contributed by atoms with Crippen molar-refractivity contribution in [2.75, 3.05) is 11.9 Å². The van der Waals surface area contributed by atoms with Crippen molar-refractivity contribution in [2.24, 2.45) is 0 Å². The first-order valence-corrected chi connectivity index (χ1v) is 9.85. The van der Waals surface area contributed by atoms with E-state index in [0.717, 1.165) is 29.9 Å². The normalized spacial score (nSPS) is 15.2. The van der Waals surface area contributed by atoms with Crippen LogP contribution in [-0.4, -0.2) is 23.1 Å². The van der Waals surface area contributed by atoms with E-state index in [4.69, 9.17) is 0 Å². The minimum atomic E-state index is -0.897. The smallest absolute Gasteiger partial charge is 0.336 e. The fourth-order valence-electron chi connectivity index (χ4n) is 3.95. The second kappa shape index (κ2) is 8.05. The molecule has 3 aromatic rings. The van der Waals surface area contributed by atoms with Crippen LogP contribution in [0.5, 0.6) is 0 Å². The summed E-state index contributed by atoms with van der Waals surface area (Å²) in [5.74, 6) is -0.897. The Kier molecular flexibility index (Phi) is 5.32. The van der Waals surface area contributed by atoms with Gasteiger partial charge in [-0.1, -0.05) is 23.8 Å². The number of carbonyl (C=O) groups is 1. The number of nitrogens with zero attached hydrogens (tertiary/aromatic N) is 2. The Morgan fingerprint density at radius 1 is 1.17 bits per heavy atom. The highest BCUT2D eigenvalue weighted by atomic mass is 16.4. The quantitative estimate of drug-likeness (QED) is 0.645. The van der Waals surface area contributed by atoms with Crippen LogP contribution in [0.2, 0.25) is 0 Å².